The van der Waals surface area contributed by atoms with Gasteiger partial charge in [0.1, 0.15) is 5.75 Å². The molecule has 0 fully saturated rings. The van der Waals surface area contributed by atoms with E-state index in [1.54, 1.807) is 7.11 Å². The molecule has 2 atom stereocenters. The van der Waals surface area contributed by atoms with Gasteiger partial charge in [-0.1, -0.05) is 26.0 Å². The molecule has 0 heterocycles. The molecule has 0 saturated heterocycles. The van der Waals surface area contributed by atoms with Gasteiger partial charge in [-0.15, -0.1) is 0 Å². The van der Waals surface area contributed by atoms with E-state index in [4.69, 9.17) is 4.74 Å². The highest BCUT2D eigenvalue weighted by molar-refractivity contribution is 5.27. The molecule has 3 nitrogen and oxygen atoms in total. The quantitative estimate of drug-likeness (QED) is 0.768. The van der Waals surface area contributed by atoms with Crippen molar-refractivity contribution < 1.29 is 9.84 Å². The number of rotatable bonds is 8. The third-order valence-corrected chi connectivity index (χ3v) is 4.08. The molecule has 3 heteroatoms. The molecule has 2 unspecified atom stereocenters. The summed E-state index contributed by atoms with van der Waals surface area (Å²) in [5.74, 6) is 1.15. The van der Waals surface area contributed by atoms with Crippen molar-refractivity contribution in [1.29, 1.82) is 0 Å². The summed E-state index contributed by atoms with van der Waals surface area (Å²) in [7, 11) is 1.68. The Hall–Kier alpha value is -1.06. The van der Waals surface area contributed by atoms with E-state index in [1.807, 2.05) is 32.9 Å². The summed E-state index contributed by atoms with van der Waals surface area (Å²) < 4.78 is 5.15. The number of ether oxygens (including phenoxy) is 1. The van der Waals surface area contributed by atoms with E-state index < -0.39 is 5.60 Å². The van der Waals surface area contributed by atoms with Crippen molar-refractivity contribution in [2.24, 2.45) is 5.92 Å². The number of aryl methyl sites for hydroxylation is 1. The van der Waals surface area contributed by atoms with Crippen molar-refractivity contribution in [2.45, 2.75) is 52.2 Å². The van der Waals surface area contributed by atoms with E-state index in [0.29, 0.717) is 12.6 Å². The number of hydrogen-bond donors (Lipinski definition) is 2. The lowest BCUT2D eigenvalue weighted by atomic mass is 9.92. The van der Waals surface area contributed by atoms with Crippen LogP contribution in [0.25, 0.3) is 0 Å². The van der Waals surface area contributed by atoms with Crippen molar-refractivity contribution in [2.75, 3.05) is 13.7 Å². The number of nitrogens with one attached hydrogen (secondary N) is 1. The summed E-state index contributed by atoms with van der Waals surface area (Å²) in [6.45, 7) is 8.78. The fourth-order valence-electron chi connectivity index (χ4n) is 1.86. The molecular formula is C17H29NO2. The van der Waals surface area contributed by atoms with Gasteiger partial charge >= 0.3 is 0 Å². The van der Waals surface area contributed by atoms with E-state index >= 15 is 0 Å². The second kappa shape index (κ2) is 7.65. The lowest BCUT2D eigenvalue weighted by molar-refractivity contribution is 0.0120. The highest BCUT2D eigenvalue weighted by Gasteiger charge is 2.24. The Morgan fingerprint density at radius 3 is 2.30 bits per heavy atom. The zero-order valence-electron chi connectivity index (χ0n) is 13.4. The van der Waals surface area contributed by atoms with Gasteiger partial charge in [-0.05, 0) is 50.3 Å². The van der Waals surface area contributed by atoms with Crippen LogP contribution in [-0.2, 0) is 6.42 Å². The van der Waals surface area contributed by atoms with Crippen LogP contribution in [0.5, 0.6) is 5.75 Å². The van der Waals surface area contributed by atoms with Gasteiger partial charge in [-0.3, -0.25) is 0 Å². The summed E-state index contributed by atoms with van der Waals surface area (Å²) in [6, 6.07) is 8.60. The molecule has 0 aliphatic rings. The molecule has 0 radical (unpaired) electrons. The smallest absolute Gasteiger partial charge is 0.118 e. The molecule has 1 aromatic rings. The molecule has 1 rings (SSSR count). The fourth-order valence-corrected chi connectivity index (χ4v) is 1.86. The largest absolute Gasteiger partial charge is 0.497 e. The SMILES string of the molecule is COc1ccc(CCC(C)NCC(C)(O)C(C)C)cc1. The van der Waals surface area contributed by atoms with Crippen molar-refractivity contribution >= 4 is 0 Å². The minimum Gasteiger partial charge on any atom is -0.497 e. The molecule has 1 aromatic carbocycles. The van der Waals surface area contributed by atoms with E-state index in [1.165, 1.54) is 5.56 Å². The Labute approximate surface area is 123 Å². The van der Waals surface area contributed by atoms with Gasteiger partial charge in [0.15, 0.2) is 0 Å². The van der Waals surface area contributed by atoms with E-state index in [2.05, 4.69) is 24.4 Å². The molecule has 0 aromatic heterocycles. The highest BCUT2D eigenvalue weighted by Crippen LogP contribution is 2.16. The first-order chi connectivity index (χ1) is 9.35. The first-order valence-electron chi connectivity index (χ1n) is 7.44. The van der Waals surface area contributed by atoms with Crippen LogP contribution < -0.4 is 10.1 Å². The maximum absolute atomic E-state index is 10.2. The maximum Gasteiger partial charge on any atom is 0.118 e. The van der Waals surface area contributed by atoms with Gasteiger partial charge in [0.25, 0.3) is 0 Å². The lowest BCUT2D eigenvalue weighted by Crippen LogP contribution is -2.45. The van der Waals surface area contributed by atoms with Crippen molar-refractivity contribution in [1.82, 2.24) is 5.32 Å². The van der Waals surface area contributed by atoms with Gasteiger partial charge in [0.05, 0.1) is 12.7 Å². The zero-order valence-corrected chi connectivity index (χ0v) is 13.4. The van der Waals surface area contributed by atoms with Crippen LogP contribution in [0.4, 0.5) is 0 Å². The summed E-state index contributed by atoms with van der Waals surface area (Å²) in [5, 5.41) is 13.6. The molecule has 0 aliphatic carbocycles. The molecule has 2 N–H and O–H groups in total. The second-order valence-corrected chi connectivity index (χ2v) is 6.18. The summed E-state index contributed by atoms with van der Waals surface area (Å²) >= 11 is 0. The standard InChI is InChI=1S/C17H29NO2/c1-13(2)17(4,19)12-18-14(3)6-7-15-8-10-16(20-5)11-9-15/h8-11,13-14,18-19H,6-7,12H2,1-5H3. The Morgan fingerprint density at radius 2 is 1.80 bits per heavy atom. The summed E-state index contributed by atoms with van der Waals surface area (Å²) in [4.78, 5) is 0. The number of methoxy groups -OCH3 is 1. The fraction of sp³-hybridized carbons (Fsp3) is 0.647. The van der Waals surface area contributed by atoms with Crippen LogP contribution in [0.1, 0.15) is 39.7 Å². The topological polar surface area (TPSA) is 41.5 Å². The van der Waals surface area contributed by atoms with Crippen molar-refractivity contribution in [3.63, 3.8) is 0 Å². The highest BCUT2D eigenvalue weighted by atomic mass is 16.5. The summed E-state index contributed by atoms with van der Waals surface area (Å²) in [5.41, 5.74) is 0.670. The second-order valence-electron chi connectivity index (χ2n) is 6.18. The van der Waals surface area contributed by atoms with Crippen LogP contribution in [0.15, 0.2) is 24.3 Å². The molecule has 0 spiro atoms. The zero-order chi connectivity index (χ0) is 15.2. The van der Waals surface area contributed by atoms with E-state index in [9.17, 15) is 5.11 Å². The average Bonchev–Trinajstić information content (AvgIpc) is 2.43. The Morgan fingerprint density at radius 1 is 1.20 bits per heavy atom. The predicted octanol–water partition coefficient (Wildman–Crippen LogP) is 3.01. The van der Waals surface area contributed by atoms with Gasteiger partial charge < -0.3 is 15.2 Å². The van der Waals surface area contributed by atoms with Crippen LogP contribution >= 0.6 is 0 Å². The van der Waals surface area contributed by atoms with E-state index in [0.717, 1.165) is 18.6 Å². The van der Waals surface area contributed by atoms with Gasteiger partial charge in [-0.25, -0.2) is 0 Å². The monoisotopic (exact) mass is 279 g/mol. The Kier molecular flexibility index (Phi) is 6.50. The maximum atomic E-state index is 10.2. The molecule has 114 valence electrons. The Balaban J connectivity index is 2.34. The van der Waals surface area contributed by atoms with Crippen molar-refractivity contribution in [3.05, 3.63) is 29.8 Å². The Bertz CT molecular complexity index is 384. The first-order valence-corrected chi connectivity index (χ1v) is 7.44. The average molecular weight is 279 g/mol. The van der Waals surface area contributed by atoms with Gasteiger partial charge in [-0.2, -0.15) is 0 Å². The molecule has 20 heavy (non-hydrogen) atoms. The number of benzene rings is 1. The molecule has 0 saturated carbocycles. The number of hydrogen-bond acceptors (Lipinski definition) is 3. The van der Waals surface area contributed by atoms with Crippen LogP contribution in [0.3, 0.4) is 0 Å². The molecule has 0 aliphatic heterocycles. The minimum absolute atomic E-state index is 0.254. The van der Waals surface area contributed by atoms with E-state index in [-0.39, 0.29) is 5.92 Å². The normalized spacial score (nSPS) is 15.9. The van der Waals surface area contributed by atoms with Crippen LogP contribution in [0, 0.1) is 5.92 Å². The molecule has 0 bridgehead atoms. The first kappa shape index (κ1) is 17.0. The summed E-state index contributed by atoms with van der Waals surface area (Å²) in [6.07, 6.45) is 2.09. The molecular weight excluding hydrogens is 250 g/mol. The van der Waals surface area contributed by atoms with Gasteiger partial charge in [0, 0.05) is 12.6 Å². The third kappa shape index (κ3) is 5.51. The lowest BCUT2D eigenvalue weighted by Gasteiger charge is -2.29. The van der Waals surface area contributed by atoms with Crippen LogP contribution in [0.2, 0.25) is 0 Å². The van der Waals surface area contributed by atoms with Crippen LogP contribution in [-0.4, -0.2) is 30.4 Å². The molecule has 0 amide bonds. The van der Waals surface area contributed by atoms with Gasteiger partial charge in [0.2, 0.25) is 0 Å². The predicted molar refractivity (Wildman–Crippen MR) is 84.2 cm³/mol. The van der Waals surface area contributed by atoms with Crippen molar-refractivity contribution in [3.8, 4) is 5.75 Å². The minimum atomic E-state index is -0.644. The third-order valence-electron chi connectivity index (χ3n) is 4.08. The number of aliphatic hydroxyl groups is 1.